The van der Waals surface area contributed by atoms with E-state index >= 15 is 0 Å². The predicted molar refractivity (Wildman–Crippen MR) is 128 cm³/mol. The second-order valence-electron chi connectivity index (χ2n) is 7.06. The molecule has 2 aromatic carbocycles. The molecule has 0 saturated carbocycles. The monoisotopic (exact) mass is 447 g/mol. The van der Waals surface area contributed by atoms with Crippen molar-refractivity contribution in [1.82, 2.24) is 9.88 Å². The molecule has 1 heterocycles. The molecule has 5 nitrogen and oxygen atoms in total. The highest BCUT2D eigenvalue weighted by atomic mass is 35.5. The van der Waals surface area contributed by atoms with Crippen LogP contribution in [0.3, 0.4) is 0 Å². The minimum atomic E-state index is 0. The first-order valence-electron chi connectivity index (χ1n) is 10.1. The Morgan fingerprint density at radius 3 is 2.40 bits per heavy atom. The second kappa shape index (κ2) is 11.3. The normalized spacial score (nSPS) is 10.8. The molecule has 162 valence electrons. The summed E-state index contributed by atoms with van der Waals surface area (Å²) in [6, 6.07) is 13.9. The number of nitrogens with zero attached hydrogens (tertiary/aromatic N) is 3. The lowest BCUT2D eigenvalue weighted by Crippen LogP contribution is -2.39. The van der Waals surface area contributed by atoms with E-state index in [9.17, 15) is 4.79 Å². The number of aryl methyl sites for hydroxylation is 1. The van der Waals surface area contributed by atoms with Crippen LogP contribution in [0.15, 0.2) is 42.5 Å². The minimum Gasteiger partial charge on any atom is -0.497 e. The number of fused-ring (bicyclic) bond motifs is 1. The van der Waals surface area contributed by atoms with Crippen molar-refractivity contribution in [1.29, 1.82) is 0 Å². The summed E-state index contributed by atoms with van der Waals surface area (Å²) in [5, 5.41) is 0.774. The third-order valence-corrected chi connectivity index (χ3v) is 6.15. The second-order valence-corrected chi connectivity index (χ2v) is 8.07. The number of carbonyl (C=O) groups is 1. The molecule has 0 radical (unpaired) electrons. The Balaban J connectivity index is 0.00000320. The third-order valence-electron chi connectivity index (χ3n) is 5.11. The van der Waals surface area contributed by atoms with E-state index in [4.69, 9.17) is 9.72 Å². The van der Waals surface area contributed by atoms with Gasteiger partial charge in [-0.3, -0.25) is 9.69 Å². The van der Waals surface area contributed by atoms with E-state index in [1.165, 1.54) is 5.56 Å². The molecule has 0 fully saturated rings. The minimum absolute atomic E-state index is 0. The van der Waals surface area contributed by atoms with Crippen molar-refractivity contribution in [3.63, 3.8) is 0 Å². The van der Waals surface area contributed by atoms with Crippen molar-refractivity contribution in [3.8, 4) is 5.75 Å². The van der Waals surface area contributed by atoms with Crippen LogP contribution in [-0.2, 0) is 11.2 Å². The van der Waals surface area contributed by atoms with Crippen LogP contribution in [0.1, 0.15) is 25.0 Å². The van der Waals surface area contributed by atoms with Gasteiger partial charge < -0.3 is 9.64 Å². The van der Waals surface area contributed by atoms with E-state index in [0.717, 1.165) is 46.3 Å². The summed E-state index contributed by atoms with van der Waals surface area (Å²) in [5.74, 6) is 0.860. The number of likely N-dealkylation sites (N-methyl/N-ethyl adjacent to an activating group) is 1. The van der Waals surface area contributed by atoms with Gasteiger partial charge in [0.25, 0.3) is 0 Å². The van der Waals surface area contributed by atoms with E-state index in [2.05, 4.69) is 37.8 Å². The zero-order valence-electron chi connectivity index (χ0n) is 18.1. The first kappa shape index (κ1) is 24.1. The lowest BCUT2D eigenvalue weighted by atomic mass is 10.1. The van der Waals surface area contributed by atoms with Gasteiger partial charge in [-0.25, -0.2) is 4.98 Å². The van der Waals surface area contributed by atoms with Gasteiger partial charge in [-0.15, -0.1) is 12.4 Å². The van der Waals surface area contributed by atoms with Crippen LogP contribution >= 0.6 is 23.7 Å². The van der Waals surface area contributed by atoms with Crippen molar-refractivity contribution in [3.05, 3.63) is 53.6 Å². The summed E-state index contributed by atoms with van der Waals surface area (Å²) < 4.78 is 6.33. The van der Waals surface area contributed by atoms with Crippen molar-refractivity contribution in [2.75, 3.05) is 38.2 Å². The number of rotatable bonds is 9. The molecule has 3 aromatic rings. The molecule has 30 heavy (non-hydrogen) atoms. The van der Waals surface area contributed by atoms with Crippen molar-refractivity contribution < 1.29 is 9.53 Å². The van der Waals surface area contributed by atoms with Gasteiger partial charge in [0.05, 0.1) is 23.7 Å². The van der Waals surface area contributed by atoms with E-state index in [0.29, 0.717) is 13.0 Å². The van der Waals surface area contributed by atoms with Crippen molar-refractivity contribution in [2.24, 2.45) is 0 Å². The number of aromatic nitrogens is 1. The molecule has 0 aliphatic carbocycles. The highest BCUT2D eigenvalue weighted by Gasteiger charge is 2.21. The quantitative estimate of drug-likeness (QED) is 0.465. The molecule has 1 aromatic heterocycles. The molecule has 0 unspecified atom stereocenters. The molecule has 0 N–H and O–H groups in total. The fraction of sp³-hybridized carbons (Fsp3) is 0.391. The molecule has 0 atom stereocenters. The average Bonchev–Trinajstić information content (AvgIpc) is 3.14. The molecular weight excluding hydrogens is 418 g/mol. The van der Waals surface area contributed by atoms with Crippen LogP contribution in [0.5, 0.6) is 5.75 Å². The van der Waals surface area contributed by atoms with E-state index in [1.807, 2.05) is 35.2 Å². The maximum Gasteiger partial charge on any atom is 0.233 e. The van der Waals surface area contributed by atoms with Gasteiger partial charge >= 0.3 is 0 Å². The summed E-state index contributed by atoms with van der Waals surface area (Å²) in [7, 11) is 1.64. The first-order chi connectivity index (χ1) is 14.0. The standard InChI is InChI=1S/C23H29N3O2S.ClH/c1-5-25(6-2)13-14-26(22(27)16-18-8-10-19(28-4)11-9-18)23-24-20-12-7-17(3)15-21(20)29-23;/h7-12,15H,5-6,13-14,16H2,1-4H3;1H. The lowest BCUT2D eigenvalue weighted by molar-refractivity contribution is -0.118. The number of amides is 1. The SMILES string of the molecule is CCN(CC)CCN(C(=O)Cc1ccc(OC)cc1)c1nc2ccc(C)cc2s1.Cl. The molecule has 3 rings (SSSR count). The number of anilines is 1. The summed E-state index contributed by atoms with van der Waals surface area (Å²) in [6.45, 7) is 9.77. The number of hydrogen-bond donors (Lipinski definition) is 0. The Hall–Kier alpha value is -2.15. The van der Waals surface area contributed by atoms with E-state index in [1.54, 1.807) is 18.4 Å². The van der Waals surface area contributed by atoms with Gasteiger partial charge in [0.1, 0.15) is 5.75 Å². The Labute approximate surface area is 189 Å². The Morgan fingerprint density at radius 1 is 1.07 bits per heavy atom. The van der Waals surface area contributed by atoms with Gasteiger partial charge in [-0.1, -0.05) is 43.4 Å². The number of hydrogen-bond acceptors (Lipinski definition) is 5. The fourth-order valence-corrected chi connectivity index (χ4v) is 4.36. The van der Waals surface area contributed by atoms with Gasteiger partial charge in [-0.2, -0.15) is 0 Å². The lowest BCUT2D eigenvalue weighted by Gasteiger charge is -2.24. The summed E-state index contributed by atoms with van der Waals surface area (Å²) >= 11 is 1.59. The predicted octanol–water partition coefficient (Wildman–Crippen LogP) is 4.95. The molecule has 0 saturated heterocycles. The maximum absolute atomic E-state index is 13.2. The van der Waals surface area contributed by atoms with Gasteiger partial charge in [0.2, 0.25) is 5.91 Å². The highest BCUT2D eigenvalue weighted by molar-refractivity contribution is 7.22. The van der Waals surface area contributed by atoms with Crippen molar-refractivity contribution >= 4 is 45.0 Å². The van der Waals surface area contributed by atoms with Crippen LogP contribution in [0.4, 0.5) is 5.13 Å². The Morgan fingerprint density at radius 2 is 1.77 bits per heavy atom. The zero-order chi connectivity index (χ0) is 20.8. The number of benzene rings is 2. The molecule has 7 heteroatoms. The maximum atomic E-state index is 13.2. The van der Waals surface area contributed by atoms with Gasteiger partial charge in [0, 0.05) is 13.1 Å². The van der Waals surface area contributed by atoms with Gasteiger partial charge in [0.15, 0.2) is 5.13 Å². The first-order valence-corrected chi connectivity index (χ1v) is 10.9. The molecule has 0 spiro atoms. The van der Waals surface area contributed by atoms with Crippen LogP contribution in [0.25, 0.3) is 10.2 Å². The fourth-order valence-electron chi connectivity index (χ4n) is 3.26. The summed E-state index contributed by atoms with van der Waals surface area (Å²) in [6.07, 6.45) is 0.344. The number of methoxy groups -OCH3 is 1. The summed E-state index contributed by atoms with van der Waals surface area (Å²) in [5.41, 5.74) is 3.12. The van der Waals surface area contributed by atoms with Crippen LogP contribution in [0, 0.1) is 6.92 Å². The number of ether oxygens (including phenoxy) is 1. The topological polar surface area (TPSA) is 45.7 Å². The van der Waals surface area contributed by atoms with E-state index in [-0.39, 0.29) is 18.3 Å². The Kier molecular flexibility index (Phi) is 9.08. The zero-order valence-corrected chi connectivity index (χ0v) is 19.7. The number of carbonyl (C=O) groups excluding carboxylic acids is 1. The third kappa shape index (κ3) is 5.94. The molecule has 0 aliphatic rings. The summed E-state index contributed by atoms with van der Waals surface area (Å²) in [4.78, 5) is 22.2. The Bertz CT molecular complexity index is 955. The molecular formula is C23H30ClN3O2S. The van der Waals surface area contributed by atoms with Crippen molar-refractivity contribution in [2.45, 2.75) is 27.2 Å². The van der Waals surface area contributed by atoms with Gasteiger partial charge in [-0.05, 0) is 55.4 Å². The number of halogens is 1. The number of thiazole rings is 1. The highest BCUT2D eigenvalue weighted by Crippen LogP contribution is 2.30. The molecule has 0 bridgehead atoms. The smallest absolute Gasteiger partial charge is 0.233 e. The van der Waals surface area contributed by atoms with Crippen LogP contribution in [0.2, 0.25) is 0 Å². The molecule has 0 aliphatic heterocycles. The van der Waals surface area contributed by atoms with Crippen LogP contribution in [-0.4, -0.2) is 49.1 Å². The average molecular weight is 448 g/mol. The van der Waals surface area contributed by atoms with E-state index < -0.39 is 0 Å². The molecule has 1 amide bonds. The largest absolute Gasteiger partial charge is 0.497 e. The van der Waals surface area contributed by atoms with Crippen LogP contribution < -0.4 is 9.64 Å².